The summed E-state index contributed by atoms with van der Waals surface area (Å²) in [6, 6.07) is 13.7. The van der Waals surface area contributed by atoms with Gasteiger partial charge < -0.3 is 15.6 Å². The van der Waals surface area contributed by atoms with Gasteiger partial charge in [0.25, 0.3) is 0 Å². The molecule has 1 amide bonds. The number of amides is 1. The van der Waals surface area contributed by atoms with E-state index in [1.54, 1.807) is 6.07 Å². The minimum absolute atomic E-state index is 0.0751. The smallest absolute Gasteiger partial charge is 0.238 e. The van der Waals surface area contributed by atoms with Crippen molar-refractivity contribution in [3.63, 3.8) is 0 Å². The number of fused-ring (bicyclic) bond motifs is 1. The molecule has 124 valence electrons. The summed E-state index contributed by atoms with van der Waals surface area (Å²) in [7, 11) is 0. The second-order valence-electron chi connectivity index (χ2n) is 5.80. The average molecular weight is 342 g/mol. The van der Waals surface area contributed by atoms with Crippen LogP contribution in [0.5, 0.6) is 0 Å². The minimum atomic E-state index is -0.0751. The molecule has 0 saturated heterocycles. The second kappa shape index (κ2) is 7.51. The van der Waals surface area contributed by atoms with Gasteiger partial charge in [-0.25, -0.2) is 0 Å². The fraction of sp³-hybridized carbons (Fsp3) is 0.211. The Hall–Kier alpha value is -2.30. The first-order valence-electron chi connectivity index (χ1n) is 7.95. The maximum atomic E-state index is 12.0. The molecule has 4 nitrogen and oxygen atoms in total. The van der Waals surface area contributed by atoms with Crippen LogP contribution in [0.4, 0.5) is 5.69 Å². The fourth-order valence-electron chi connectivity index (χ4n) is 2.64. The van der Waals surface area contributed by atoms with Gasteiger partial charge in [0.1, 0.15) is 0 Å². The van der Waals surface area contributed by atoms with E-state index in [-0.39, 0.29) is 12.5 Å². The minimum Gasteiger partial charge on any atom is -0.361 e. The molecule has 3 N–H and O–H groups in total. The van der Waals surface area contributed by atoms with Crippen molar-refractivity contribution in [1.82, 2.24) is 10.3 Å². The summed E-state index contributed by atoms with van der Waals surface area (Å²) in [4.78, 5) is 15.2. The molecule has 0 radical (unpaired) electrons. The first kappa shape index (κ1) is 16.6. The highest BCUT2D eigenvalue weighted by atomic mass is 35.5. The van der Waals surface area contributed by atoms with Crippen molar-refractivity contribution in [3.8, 4) is 0 Å². The maximum Gasteiger partial charge on any atom is 0.238 e. The molecule has 5 heteroatoms. The summed E-state index contributed by atoms with van der Waals surface area (Å²) < 4.78 is 0. The zero-order valence-corrected chi connectivity index (χ0v) is 14.3. The van der Waals surface area contributed by atoms with E-state index in [9.17, 15) is 4.79 Å². The van der Waals surface area contributed by atoms with Crippen LogP contribution in [0.15, 0.2) is 48.7 Å². The molecule has 1 heterocycles. The van der Waals surface area contributed by atoms with Crippen LogP contribution in [0.25, 0.3) is 10.9 Å². The Morgan fingerprint density at radius 2 is 2.04 bits per heavy atom. The van der Waals surface area contributed by atoms with Crippen molar-refractivity contribution < 1.29 is 4.79 Å². The van der Waals surface area contributed by atoms with Crippen LogP contribution >= 0.6 is 11.6 Å². The molecular formula is C19H20ClN3O. The summed E-state index contributed by atoms with van der Waals surface area (Å²) in [5.41, 5.74) is 4.10. The number of anilines is 1. The quantitative estimate of drug-likeness (QED) is 0.595. The summed E-state index contributed by atoms with van der Waals surface area (Å²) in [6.07, 6.45) is 2.90. The van der Waals surface area contributed by atoms with Crippen molar-refractivity contribution >= 4 is 34.1 Å². The maximum absolute atomic E-state index is 12.0. The van der Waals surface area contributed by atoms with E-state index in [2.05, 4.69) is 27.8 Å². The molecule has 0 unspecified atom stereocenters. The van der Waals surface area contributed by atoms with E-state index in [1.807, 2.05) is 37.4 Å². The van der Waals surface area contributed by atoms with Gasteiger partial charge in [0.15, 0.2) is 0 Å². The van der Waals surface area contributed by atoms with E-state index in [1.165, 1.54) is 10.9 Å². The number of aromatic amines is 1. The Balaban J connectivity index is 1.46. The average Bonchev–Trinajstić information content (AvgIpc) is 2.98. The number of hydrogen-bond donors (Lipinski definition) is 3. The monoisotopic (exact) mass is 341 g/mol. The van der Waals surface area contributed by atoms with Crippen LogP contribution in [0.1, 0.15) is 11.1 Å². The van der Waals surface area contributed by atoms with Crippen molar-refractivity contribution in [2.45, 2.75) is 13.3 Å². The predicted octanol–water partition coefficient (Wildman–Crippen LogP) is 3.90. The molecule has 3 aromatic rings. The van der Waals surface area contributed by atoms with Crippen LogP contribution < -0.4 is 10.6 Å². The van der Waals surface area contributed by atoms with Gasteiger partial charge in [-0.05, 0) is 49.2 Å². The molecule has 0 saturated carbocycles. The predicted molar refractivity (Wildman–Crippen MR) is 99.7 cm³/mol. The highest BCUT2D eigenvalue weighted by Gasteiger charge is 2.05. The zero-order chi connectivity index (χ0) is 16.9. The van der Waals surface area contributed by atoms with Gasteiger partial charge in [-0.3, -0.25) is 4.79 Å². The summed E-state index contributed by atoms with van der Waals surface area (Å²) in [6.45, 7) is 2.94. The highest BCUT2D eigenvalue weighted by molar-refractivity contribution is 6.31. The van der Waals surface area contributed by atoms with Gasteiger partial charge in [0.2, 0.25) is 5.91 Å². The lowest BCUT2D eigenvalue weighted by atomic mass is 10.1. The van der Waals surface area contributed by atoms with E-state index >= 15 is 0 Å². The van der Waals surface area contributed by atoms with Gasteiger partial charge in [-0.2, -0.15) is 0 Å². The molecule has 0 fully saturated rings. The molecular weight excluding hydrogens is 322 g/mol. The molecule has 24 heavy (non-hydrogen) atoms. The molecule has 1 aromatic heterocycles. The van der Waals surface area contributed by atoms with Crippen molar-refractivity contribution in [2.24, 2.45) is 0 Å². The molecule has 3 rings (SSSR count). The van der Waals surface area contributed by atoms with Gasteiger partial charge in [-0.15, -0.1) is 0 Å². The third-order valence-electron chi connectivity index (χ3n) is 3.99. The van der Waals surface area contributed by atoms with E-state index in [0.29, 0.717) is 10.7 Å². The second-order valence-corrected chi connectivity index (χ2v) is 6.21. The number of carbonyl (C=O) groups excluding carboxylic acids is 1. The number of halogens is 1. The normalized spacial score (nSPS) is 10.9. The molecule has 0 aliphatic carbocycles. The molecule has 0 spiro atoms. The number of carbonyl (C=O) groups is 1. The standard InChI is InChI=1S/C19H20ClN3O/c1-13-6-7-15(10-17(13)20)23-19(24)12-21-9-8-14-11-22-18-5-3-2-4-16(14)18/h2-7,10-11,21-22H,8-9,12H2,1H3,(H,23,24). The molecule has 0 atom stereocenters. The van der Waals surface area contributed by atoms with Gasteiger partial charge >= 0.3 is 0 Å². The zero-order valence-electron chi connectivity index (χ0n) is 13.5. The molecule has 0 aliphatic rings. The van der Waals surface area contributed by atoms with Gasteiger partial charge in [0, 0.05) is 27.8 Å². The number of hydrogen-bond acceptors (Lipinski definition) is 2. The van der Waals surface area contributed by atoms with Gasteiger partial charge in [-0.1, -0.05) is 35.9 Å². The van der Waals surface area contributed by atoms with Gasteiger partial charge in [0.05, 0.1) is 6.54 Å². The third-order valence-corrected chi connectivity index (χ3v) is 4.39. The Morgan fingerprint density at radius 1 is 1.21 bits per heavy atom. The molecule has 0 bridgehead atoms. The van der Waals surface area contributed by atoms with Crippen LogP contribution in [0.2, 0.25) is 5.02 Å². The lowest BCUT2D eigenvalue weighted by Gasteiger charge is -2.08. The first-order valence-corrected chi connectivity index (χ1v) is 8.33. The molecule has 0 aliphatic heterocycles. The first-order chi connectivity index (χ1) is 11.6. The summed E-state index contributed by atoms with van der Waals surface area (Å²) in [5, 5.41) is 7.90. The van der Waals surface area contributed by atoms with E-state index in [0.717, 1.165) is 24.0 Å². The molecule has 2 aromatic carbocycles. The van der Waals surface area contributed by atoms with E-state index < -0.39 is 0 Å². The Kier molecular flexibility index (Phi) is 5.18. The number of nitrogens with one attached hydrogen (secondary N) is 3. The lowest BCUT2D eigenvalue weighted by Crippen LogP contribution is -2.29. The Bertz CT molecular complexity index is 857. The highest BCUT2D eigenvalue weighted by Crippen LogP contribution is 2.20. The third kappa shape index (κ3) is 3.96. The number of aromatic nitrogens is 1. The van der Waals surface area contributed by atoms with Crippen LogP contribution in [-0.4, -0.2) is 24.0 Å². The Labute approximate surface area is 146 Å². The number of para-hydroxylation sites is 1. The van der Waals surface area contributed by atoms with Crippen LogP contribution in [0.3, 0.4) is 0 Å². The number of aryl methyl sites for hydroxylation is 1. The van der Waals surface area contributed by atoms with E-state index in [4.69, 9.17) is 11.6 Å². The van der Waals surface area contributed by atoms with Crippen LogP contribution in [0, 0.1) is 6.92 Å². The number of H-pyrrole nitrogens is 1. The summed E-state index contributed by atoms with van der Waals surface area (Å²) >= 11 is 6.06. The number of benzene rings is 2. The van der Waals surface area contributed by atoms with Crippen molar-refractivity contribution in [3.05, 3.63) is 64.8 Å². The SMILES string of the molecule is Cc1ccc(NC(=O)CNCCc2c[nH]c3ccccc23)cc1Cl. The Morgan fingerprint density at radius 3 is 2.88 bits per heavy atom. The van der Waals surface area contributed by atoms with Crippen LogP contribution in [-0.2, 0) is 11.2 Å². The summed E-state index contributed by atoms with van der Waals surface area (Å²) in [5.74, 6) is -0.0751. The van der Waals surface area contributed by atoms with Crippen molar-refractivity contribution in [1.29, 1.82) is 0 Å². The fourth-order valence-corrected chi connectivity index (χ4v) is 2.82. The number of rotatable bonds is 6. The van der Waals surface area contributed by atoms with Crippen molar-refractivity contribution in [2.75, 3.05) is 18.4 Å². The topological polar surface area (TPSA) is 56.9 Å². The largest absolute Gasteiger partial charge is 0.361 e. The lowest BCUT2D eigenvalue weighted by molar-refractivity contribution is -0.115.